The molecule has 2 heterocycles. The van der Waals surface area contributed by atoms with Crippen LogP contribution in [0.25, 0.3) is 0 Å². The van der Waals surface area contributed by atoms with Gasteiger partial charge in [-0.05, 0) is 42.5 Å². The molecule has 3 aromatic rings. The number of anilines is 1. The molecule has 0 saturated carbocycles. The number of amidine groups is 1. The Hall–Kier alpha value is -3.81. The summed E-state index contributed by atoms with van der Waals surface area (Å²) in [7, 11) is 1.60. The molecule has 2 aromatic carbocycles. The monoisotopic (exact) mass is 422 g/mol. The number of hydrogen-bond acceptors (Lipinski definition) is 6. The number of aromatic nitrogens is 1. The number of pyridine rings is 1. The average Bonchev–Trinajstić information content (AvgIpc) is 2.82. The first-order valence-electron chi connectivity index (χ1n) is 9.92. The van der Waals surface area contributed by atoms with Crippen LogP contribution in [0.15, 0.2) is 72.0 Å². The maximum Gasteiger partial charge on any atom is 0.219 e. The van der Waals surface area contributed by atoms with Gasteiger partial charge in [0.05, 0.1) is 7.11 Å². The van der Waals surface area contributed by atoms with E-state index in [1.54, 1.807) is 37.6 Å². The van der Waals surface area contributed by atoms with Gasteiger partial charge in [0.15, 0.2) is 5.84 Å². The molecule has 0 unspecified atom stereocenters. The SMILES string of the molecule is COc1cccc(Oc2ccc(/C(=N/O)N3CCN(c4ccc(F)cc4)CC3)cn2)c1. The second-order valence-corrected chi connectivity index (χ2v) is 7.04. The number of ether oxygens (including phenoxy) is 2. The Labute approximate surface area is 180 Å². The van der Waals surface area contributed by atoms with Crippen molar-refractivity contribution in [2.24, 2.45) is 5.16 Å². The zero-order valence-electron chi connectivity index (χ0n) is 17.1. The lowest BCUT2D eigenvalue weighted by molar-refractivity contribution is 0.296. The molecule has 1 aliphatic rings. The highest BCUT2D eigenvalue weighted by atomic mass is 19.1. The molecule has 1 fully saturated rings. The second kappa shape index (κ2) is 9.34. The fourth-order valence-electron chi connectivity index (χ4n) is 3.49. The van der Waals surface area contributed by atoms with Crippen LogP contribution < -0.4 is 14.4 Å². The smallest absolute Gasteiger partial charge is 0.219 e. The lowest BCUT2D eigenvalue weighted by Crippen LogP contribution is -2.49. The van der Waals surface area contributed by atoms with Crippen LogP contribution in [0.5, 0.6) is 17.4 Å². The highest BCUT2D eigenvalue weighted by molar-refractivity contribution is 5.98. The molecule has 0 aliphatic carbocycles. The van der Waals surface area contributed by atoms with Gasteiger partial charge >= 0.3 is 0 Å². The predicted molar refractivity (Wildman–Crippen MR) is 116 cm³/mol. The van der Waals surface area contributed by atoms with Gasteiger partial charge in [-0.25, -0.2) is 9.37 Å². The van der Waals surface area contributed by atoms with Crippen LogP contribution in [0, 0.1) is 5.82 Å². The topological polar surface area (TPSA) is 70.4 Å². The molecule has 1 saturated heterocycles. The number of hydrogen-bond donors (Lipinski definition) is 1. The Kier molecular flexibility index (Phi) is 6.16. The van der Waals surface area contributed by atoms with Crippen molar-refractivity contribution in [2.75, 3.05) is 38.2 Å². The first-order valence-corrected chi connectivity index (χ1v) is 9.92. The Balaban J connectivity index is 1.39. The Bertz CT molecular complexity index is 1030. The van der Waals surface area contributed by atoms with Crippen molar-refractivity contribution in [3.05, 3.63) is 78.2 Å². The normalized spacial score (nSPS) is 14.5. The fourth-order valence-corrected chi connectivity index (χ4v) is 3.49. The van der Waals surface area contributed by atoms with Crippen LogP contribution >= 0.6 is 0 Å². The van der Waals surface area contributed by atoms with E-state index in [1.165, 1.54) is 12.1 Å². The van der Waals surface area contributed by atoms with Crippen LogP contribution in [0.1, 0.15) is 5.56 Å². The average molecular weight is 422 g/mol. The van der Waals surface area contributed by atoms with E-state index in [2.05, 4.69) is 15.0 Å². The molecule has 1 N–H and O–H groups in total. The minimum Gasteiger partial charge on any atom is -0.497 e. The Morgan fingerprint density at radius 1 is 1.00 bits per heavy atom. The van der Waals surface area contributed by atoms with Crippen LogP contribution in [0.3, 0.4) is 0 Å². The van der Waals surface area contributed by atoms with Crippen molar-refractivity contribution >= 4 is 11.5 Å². The van der Waals surface area contributed by atoms with E-state index in [-0.39, 0.29) is 5.82 Å². The molecule has 0 amide bonds. The quantitative estimate of drug-likeness (QED) is 0.290. The lowest BCUT2D eigenvalue weighted by atomic mass is 10.2. The molecule has 0 bridgehead atoms. The maximum atomic E-state index is 13.1. The highest BCUT2D eigenvalue weighted by Crippen LogP contribution is 2.24. The van der Waals surface area contributed by atoms with Crippen molar-refractivity contribution in [1.82, 2.24) is 9.88 Å². The summed E-state index contributed by atoms with van der Waals surface area (Å²) in [5, 5.41) is 13.1. The van der Waals surface area contributed by atoms with Crippen LogP contribution in [-0.4, -0.2) is 54.2 Å². The Morgan fingerprint density at radius 3 is 2.39 bits per heavy atom. The second-order valence-electron chi connectivity index (χ2n) is 7.04. The molecule has 1 aromatic heterocycles. The van der Waals surface area contributed by atoms with Gasteiger partial charge in [-0.1, -0.05) is 11.2 Å². The van der Waals surface area contributed by atoms with Crippen molar-refractivity contribution in [2.45, 2.75) is 0 Å². The van der Waals surface area contributed by atoms with Crippen molar-refractivity contribution in [3.63, 3.8) is 0 Å². The third-order valence-electron chi connectivity index (χ3n) is 5.12. The standard InChI is InChI=1S/C23H23FN4O3/c1-30-20-3-2-4-21(15-20)31-22-10-5-17(16-25-22)23(26-29)28-13-11-27(12-14-28)19-8-6-18(24)7-9-19/h2-10,15-16,29H,11-14H2,1H3/b26-23-. The largest absolute Gasteiger partial charge is 0.497 e. The Morgan fingerprint density at radius 2 is 1.74 bits per heavy atom. The number of halogens is 1. The third-order valence-corrected chi connectivity index (χ3v) is 5.12. The van der Waals surface area contributed by atoms with Crippen LogP contribution in [0.2, 0.25) is 0 Å². The number of oxime groups is 1. The summed E-state index contributed by atoms with van der Waals surface area (Å²) in [5.41, 5.74) is 1.67. The summed E-state index contributed by atoms with van der Waals surface area (Å²) in [4.78, 5) is 8.51. The van der Waals surface area contributed by atoms with Gasteiger partial charge < -0.3 is 24.5 Å². The molecular formula is C23H23FN4O3. The number of piperazine rings is 1. The predicted octanol–water partition coefficient (Wildman–Crippen LogP) is 3.98. The van der Waals surface area contributed by atoms with E-state index >= 15 is 0 Å². The molecule has 4 rings (SSSR count). The van der Waals surface area contributed by atoms with Crippen LogP contribution in [0.4, 0.5) is 10.1 Å². The van der Waals surface area contributed by atoms with Crippen molar-refractivity contribution in [3.8, 4) is 17.4 Å². The molecular weight excluding hydrogens is 399 g/mol. The van der Waals surface area contributed by atoms with Gasteiger partial charge in [0, 0.05) is 55.8 Å². The summed E-state index contributed by atoms with van der Waals surface area (Å²) in [5.74, 6) is 1.95. The molecule has 160 valence electrons. The van der Waals surface area contributed by atoms with E-state index in [9.17, 15) is 9.60 Å². The third kappa shape index (κ3) is 4.85. The molecule has 8 heteroatoms. The summed E-state index contributed by atoms with van der Waals surface area (Å²) < 4.78 is 24.1. The zero-order valence-corrected chi connectivity index (χ0v) is 17.1. The summed E-state index contributed by atoms with van der Waals surface area (Å²) in [6, 6.07) is 17.3. The van der Waals surface area contributed by atoms with E-state index < -0.39 is 0 Å². The number of nitrogens with zero attached hydrogens (tertiary/aromatic N) is 4. The molecule has 1 aliphatic heterocycles. The molecule has 0 radical (unpaired) electrons. The van der Waals surface area contributed by atoms with E-state index in [1.807, 2.05) is 29.2 Å². The fraction of sp³-hybridized carbons (Fsp3) is 0.217. The minimum atomic E-state index is -0.247. The van der Waals surface area contributed by atoms with Crippen molar-refractivity contribution < 1.29 is 19.1 Å². The van der Waals surface area contributed by atoms with Gasteiger partial charge in [-0.15, -0.1) is 0 Å². The van der Waals surface area contributed by atoms with E-state index in [4.69, 9.17) is 9.47 Å². The summed E-state index contributed by atoms with van der Waals surface area (Å²) >= 11 is 0. The van der Waals surface area contributed by atoms with E-state index in [0.717, 1.165) is 18.8 Å². The summed E-state index contributed by atoms with van der Waals surface area (Å²) in [6.07, 6.45) is 1.62. The zero-order chi connectivity index (χ0) is 21.6. The lowest BCUT2D eigenvalue weighted by Gasteiger charge is -2.37. The molecule has 0 spiro atoms. The van der Waals surface area contributed by atoms with E-state index in [0.29, 0.717) is 41.9 Å². The van der Waals surface area contributed by atoms with Crippen molar-refractivity contribution in [1.29, 1.82) is 0 Å². The maximum absolute atomic E-state index is 13.1. The van der Waals surface area contributed by atoms with Gasteiger partial charge in [-0.3, -0.25) is 0 Å². The van der Waals surface area contributed by atoms with Gasteiger partial charge in [0.25, 0.3) is 0 Å². The number of rotatable bonds is 5. The van der Waals surface area contributed by atoms with Gasteiger partial charge in [-0.2, -0.15) is 0 Å². The van der Waals surface area contributed by atoms with Gasteiger partial charge in [0.2, 0.25) is 5.88 Å². The van der Waals surface area contributed by atoms with Crippen LogP contribution in [-0.2, 0) is 0 Å². The first-order chi connectivity index (χ1) is 15.2. The number of benzene rings is 2. The first kappa shape index (κ1) is 20.5. The molecule has 0 atom stereocenters. The highest BCUT2D eigenvalue weighted by Gasteiger charge is 2.22. The summed E-state index contributed by atoms with van der Waals surface area (Å²) in [6.45, 7) is 2.79. The molecule has 7 nitrogen and oxygen atoms in total. The molecule has 31 heavy (non-hydrogen) atoms. The number of methoxy groups -OCH3 is 1. The minimum absolute atomic E-state index is 0.247. The van der Waals surface area contributed by atoms with Gasteiger partial charge in [0.1, 0.15) is 17.3 Å².